The van der Waals surface area contributed by atoms with E-state index < -0.39 is 11.8 Å². The zero-order chi connectivity index (χ0) is 31.6. The first-order chi connectivity index (χ1) is 21.9. The summed E-state index contributed by atoms with van der Waals surface area (Å²) in [6.45, 7) is 0. The van der Waals surface area contributed by atoms with E-state index in [1.165, 1.54) is 24.9 Å². The van der Waals surface area contributed by atoms with Crippen molar-refractivity contribution < 1.29 is 23.5 Å². The number of furan rings is 1. The van der Waals surface area contributed by atoms with Crippen LogP contribution in [0.25, 0.3) is 17.4 Å². The van der Waals surface area contributed by atoms with Gasteiger partial charge < -0.3 is 25.1 Å². The second-order valence-electron chi connectivity index (χ2n) is 9.61. The van der Waals surface area contributed by atoms with Crippen LogP contribution in [0.5, 0.6) is 5.75 Å². The summed E-state index contributed by atoms with van der Waals surface area (Å²) >= 11 is 7.51. The molecule has 0 radical (unpaired) electrons. The first-order valence-electron chi connectivity index (χ1n) is 13.8. The van der Waals surface area contributed by atoms with Gasteiger partial charge in [0.15, 0.2) is 0 Å². The summed E-state index contributed by atoms with van der Waals surface area (Å²) in [5.74, 6) is 0.547. The number of nitrogens with one attached hydrogen (secondary N) is 3. The Morgan fingerprint density at radius 1 is 0.844 bits per heavy atom. The SMILES string of the molecule is COc1ccc(Cl)c(NC(=O)CSc2ccc(NC(=O)/C(=C\c3ccc(-c4ccccc4)o3)NC(=O)c3ccccc3)cc2)c1. The van der Waals surface area contributed by atoms with Crippen molar-refractivity contribution in [2.45, 2.75) is 4.90 Å². The van der Waals surface area contributed by atoms with E-state index in [1.54, 1.807) is 84.9 Å². The molecule has 0 atom stereocenters. The van der Waals surface area contributed by atoms with Crippen LogP contribution in [0.1, 0.15) is 16.1 Å². The van der Waals surface area contributed by atoms with E-state index in [-0.39, 0.29) is 17.4 Å². The van der Waals surface area contributed by atoms with Crippen molar-refractivity contribution in [3.8, 4) is 17.1 Å². The molecular weight excluding hydrogens is 610 g/mol. The summed E-state index contributed by atoms with van der Waals surface area (Å²) in [4.78, 5) is 39.7. The third-order valence-electron chi connectivity index (χ3n) is 6.43. The predicted molar refractivity (Wildman–Crippen MR) is 178 cm³/mol. The highest BCUT2D eigenvalue weighted by Crippen LogP contribution is 2.28. The smallest absolute Gasteiger partial charge is 0.272 e. The van der Waals surface area contributed by atoms with Gasteiger partial charge in [0, 0.05) is 33.9 Å². The summed E-state index contributed by atoms with van der Waals surface area (Å²) in [5, 5.41) is 8.73. The summed E-state index contributed by atoms with van der Waals surface area (Å²) in [6.07, 6.45) is 1.49. The number of thioether (sulfide) groups is 1. The molecule has 0 fully saturated rings. The lowest BCUT2D eigenvalue weighted by Crippen LogP contribution is -2.30. The first-order valence-corrected chi connectivity index (χ1v) is 15.2. The normalized spacial score (nSPS) is 11.0. The van der Waals surface area contributed by atoms with Gasteiger partial charge in [0.2, 0.25) is 5.91 Å². The number of halogens is 1. The van der Waals surface area contributed by atoms with Crippen LogP contribution in [0.4, 0.5) is 11.4 Å². The minimum atomic E-state index is -0.535. The molecule has 226 valence electrons. The number of benzene rings is 4. The lowest BCUT2D eigenvalue weighted by Gasteiger charge is -2.11. The number of anilines is 2. The number of rotatable bonds is 11. The van der Waals surface area contributed by atoms with Crippen LogP contribution in [0, 0.1) is 0 Å². The van der Waals surface area contributed by atoms with E-state index in [2.05, 4.69) is 16.0 Å². The number of carbonyl (C=O) groups excluding carboxylic acids is 3. The van der Waals surface area contributed by atoms with E-state index in [0.29, 0.717) is 39.2 Å². The van der Waals surface area contributed by atoms with Crippen molar-refractivity contribution in [1.29, 1.82) is 0 Å². The molecule has 3 amide bonds. The van der Waals surface area contributed by atoms with Gasteiger partial charge >= 0.3 is 0 Å². The second kappa shape index (κ2) is 15.0. The summed E-state index contributed by atoms with van der Waals surface area (Å²) in [7, 11) is 1.54. The number of hydrogen-bond donors (Lipinski definition) is 3. The van der Waals surface area contributed by atoms with Crippen LogP contribution in [-0.4, -0.2) is 30.6 Å². The largest absolute Gasteiger partial charge is 0.497 e. The average Bonchev–Trinajstić information content (AvgIpc) is 3.54. The lowest BCUT2D eigenvalue weighted by atomic mass is 10.2. The third kappa shape index (κ3) is 8.66. The standard InChI is InChI=1S/C35H28ClN3O5S/c1-43-26-14-18-29(36)30(20-26)38-33(40)22-45-28-16-12-25(13-17-28)37-35(42)31(39-34(41)24-10-6-3-7-11-24)21-27-15-19-32(44-27)23-8-4-2-5-9-23/h2-21H,22H2,1H3,(H,37,42)(H,38,40)(H,39,41)/b31-21+. The van der Waals surface area contributed by atoms with Crippen molar-refractivity contribution >= 4 is 58.5 Å². The Morgan fingerprint density at radius 2 is 1.56 bits per heavy atom. The highest BCUT2D eigenvalue weighted by molar-refractivity contribution is 8.00. The molecule has 0 unspecified atom stereocenters. The third-order valence-corrected chi connectivity index (χ3v) is 7.77. The molecule has 5 aromatic rings. The summed E-state index contributed by atoms with van der Waals surface area (Å²) < 4.78 is 11.1. The minimum absolute atomic E-state index is 0.00383. The van der Waals surface area contributed by atoms with Crippen LogP contribution in [0.3, 0.4) is 0 Å². The Kier molecular flexibility index (Phi) is 10.4. The van der Waals surface area contributed by atoms with Gasteiger partial charge in [-0.15, -0.1) is 11.8 Å². The molecule has 3 N–H and O–H groups in total. The van der Waals surface area contributed by atoms with Gasteiger partial charge in [0.05, 0.1) is 23.6 Å². The average molecular weight is 638 g/mol. The van der Waals surface area contributed by atoms with E-state index in [1.807, 2.05) is 30.3 Å². The van der Waals surface area contributed by atoms with Crippen LogP contribution in [0.15, 0.2) is 130 Å². The van der Waals surface area contributed by atoms with Crippen LogP contribution in [-0.2, 0) is 9.59 Å². The van der Waals surface area contributed by atoms with Gasteiger partial charge in [0.25, 0.3) is 11.8 Å². The molecule has 0 aliphatic carbocycles. The van der Waals surface area contributed by atoms with E-state index in [0.717, 1.165) is 10.5 Å². The molecule has 1 heterocycles. The first kappa shape index (κ1) is 31.2. The van der Waals surface area contributed by atoms with Crippen molar-refractivity contribution in [3.63, 3.8) is 0 Å². The fourth-order valence-electron chi connectivity index (χ4n) is 4.17. The predicted octanol–water partition coefficient (Wildman–Crippen LogP) is 7.75. The Morgan fingerprint density at radius 3 is 2.27 bits per heavy atom. The number of hydrogen-bond acceptors (Lipinski definition) is 6. The Hall–Kier alpha value is -5.25. The molecule has 0 saturated carbocycles. The number of amides is 3. The Balaban J connectivity index is 1.25. The fraction of sp³-hybridized carbons (Fsp3) is 0.0571. The van der Waals surface area contributed by atoms with Gasteiger partial charge in [-0.1, -0.05) is 60.1 Å². The van der Waals surface area contributed by atoms with E-state index >= 15 is 0 Å². The maximum atomic E-state index is 13.4. The second-order valence-corrected chi connectivity index (χ2v) is 11.1. The van der Waals surface area contributed by atoms with Crippen LogP contribution < -0.4 is 20.7 Å². The molecule has 0 spiro atoms. The van der Waals surface area contributed by atoms with E-state index in [9.17, 15) is 14.4 Å². The molecule has 10 heteroatoms. The topological polar surface area (TPSA) is 110 Å². The molecule has 5 rings (SSSR count). The molecular formula is C35H28ClN3O5S. The maximum absolute atomic E-state index is 13.4. The number of methoxy groups -OCH3 is 1. The molecule has 1 aromatic heterocycles. The lowest BCUT2D eigenvalue weighted by molar-refractivity contribution is -0.114. The zero-order valence-electron chi connectivity index (χ0n) is 24.1. The number of carbonyl (C=O) groups is 3. The van der Waals surface area contributed by atoms with Crippen LogP contribution >= 0.6 is 23.4 Å². The van der Waals surface area contributed by atoms with Crippen molar-refractivity contribution in [2.75, 3.05) is 23.5 Å². The molecule has 8 nitrogen and oxygen atoms in total. The molecule has 0 aliphatic rings. The molecule has 0 saturated heterocycles. The van der Waals surface area contributed by atoms with Gasteiger partial charge in [-0.05, 0) is 60.7 Å². The van der Waals surface area contributed by atoms with Gasteiger partial charge in [0.1, 0.15) is 23.0 Å². The molecule has 0 bridgehead atoms. The monoisotopic (exact) mass is 637 g/mol. The van der Waals surface area contributed by atoms with Gasteiger partial charge in [-0.25, -0.2) is 0 Å². The van der Waals surface area contributed by atoms with Gasteiger partial charge in [-0.2, -0.15) is 0 Å². The zero-order valence-corrected chi connectivity index (χ0v) is 25.7. The van der Waals surface area contributed by atoms with Crippen LogP contribution in [0.2, 0.25) is 5.02 Å². The molecule has 4 aromatic carbocycles. The van der Waals surface area contributed by atoms with Crippen molar-refractivity contribution in [2.24, 2.45) is 0 Å². The minimum Gasteiger partial charge on any atom is -0.497 e. The highest BCUT2D eigenvalue weighted by Gasteiger charge is 2.17. The number of ether oxygens (including phenoxy) is 1. The van der Waals surface area contributed by atoms with E-state index in [4.69, 9.17) is 20.8 Å². The maximum Gasteiger partial charge on any atom is 0.272 e. The van der Waals surface area contributed by atoms with Crippen molar-refractivity contribution in [3.05, 3.63) is 137 Å². The molecule has 45 heavy (non-hydrogen) atoms. The fourth-order valence-corrected chi connectivity index (χ4v) is 5.03. The molecule has 0 aliphatic heterocycles. The van der Waals surface area contributed by atoms with Gasteiger partial charge in [-0.3, -0.25) is 14.4 Å². The highest BCUT2D eigenvalue weighted by atomic mass is 35.5. The van der Waals surface area contributed by atoms with Crippen molar-refractivity contribution in [1.82, 2.24) is 5.32 Å². The Labute approximate surface area is 269 Å². The summed E-state index contributed by atoms with van der Waals surface area (Å²) in [6, 6.07) is 33.7. The summed E-state index contributed by atoms with van der Waals surface area (Å²) in [5.41, 5.74) is 2.26. The Bertz CT molecular complexity index is 1820. The quantitative estimate of drug-likeness (QED) is 0.101.